The SMILES string of the molecule is CC.CCOC(=O)c1ccccc1-c1ccc(C)cc1Cl. The van der Waals surface area contributed by atoms with E-state index >= 15 is 0 Å². The number of benzene rings is 2. The molecule has 2 nitrogen and oxygen atoms in total. The van der Waals surface area contributed by atoms with Gasteiger partial charge in [0, 0.05) is 10.6 Å². The predicted octanol–water partition coefficient (Wildman–Crippen LogP) is 5.52. The van der Waals surface area contributed by atoms with Gasteiger partial charge in [-0.25, -0.2) is 4.79 Å². The zero-order valence-electron chi connectivity index (χ0n) is 12.9. The summed E-state index contributed by atoms with van der Waals surface area (Å²) >= 11 is 6.27. The summed E-state index contributed by atoms with van der Waals surface area (Å²) < 4.78 is 5.07. The molecule has 0 aromatic heterocycles. The van der Waals surface area contributed by atoms with Crippen LogP contribution in [0.4, 0.5) is 0 Å². The number of hydrogen-bond acceptors (Lipinski definition) is 2. The Balaban J connectivity index is 0.00000106. The third-order valence-corrected chi connectivity index (χ3v) is 3.15. The van der Waals surface area contributed by atoms with Crippen LogP contribution in [0.15, 0.2) is 42.5 Å². The van der Waals surface area contributed by atoms with Crippen LogP contribution in [0.2, 0.25) is 5.02 Å². The first kappa shape index (κ1) is 17.3. The van der Waals surface area contributed by atoms with E-state index in [1.165, 1.54) is 0 Å². The van der Waals surface area contributed by atoms with Gasteiger partial charge in [-0.2, -0.15) is 0 Å². The molecule has 0 radical (unpaired) electrons. The summed E-state index contributed by atoms with van der Waals surface area (Å²) in [5, 5.41) is 0.636. The quantitative estimate of drug-likeness (QED) is 0.698. The van der Waals surface area contributed by atoms with Gasteiger partial charge in [0.1, 0.15) is 0 Å². The molecule has 0 N–H and O–H groups in total. The van der Waals surface area contributed by atoms with Gasteiger partial charge in [0.2, 0.25) is 0 Å². The minimum absolute atomic E-state index is 0.324. The van der Waals surface area contributed by atoms with Gasteiger partial charge < -0.3 is 4.74 Å². The van der Waals surface area contributed by atoms with Crippen LogP contribution >= 0.6 is 11.6 Å². The molecule has 2 aromatic rings. The molecule has 0 atom stereocenters. The largest absolute Gasteiger partial charge is 0.462 e. The third-order valence-electron chi connectivity index (χ3n) is 2.84. The monoisotopic (exact) mass is 304 g/mol. The molecule has 0 bridgehead atoms. The van der Waals surface area contributed by atoms with E-state index in [0.717, 1.165) is 16.7 Å². The summed E-state index contributed by atoms with van der Waals surface area (Å²) in [5.41, 5.74) is 3.26. The van der Waals surface area contributed by atoms with E-state index < -0.39 is 0 Å². The van der Waals surface area contributed by atoms with Gasteiger partial charge in [-0.05, 0) is 37.1 Å². The van der Waals surface area contributed by atoms with Crippen LogP contribution in [-0.4, -0.2) is 12.6 Å². The molecule has 21 heavy (non-hydrogen) atoms. The summed E-state index contributed by atoms with van der Waals surface area (Å²) in [6.45, 7) is 8.13. The van der Waals surface area contributed by atoms with Gasteiger partial charge in [-0.1, -0.05) is 55.8 Å². The lowest BCUT2D eigenvalue weighted by Gasteiger charge is -2.10. The average molecular weight is 305 g/mol. The standard InChI is InChI=1S/C16H15ClO2.C2H6/c1-3-19-16(18)14-7-5-4-6-12(14)13-9-8-11(2)10-15(13)17;1-2/h4-10H,3H2,1-2H3;1-2H3. The fourth-order valence-electron chi connectivity index (χ4n) is 1.94. The van der Waals surface area contributed by atoms with Crippen molar-refractivity contribution in [2.75, 3.05) is 6.61 Å². The first-order valence-corrected chi connectivity index (χ1v) is 7.54. The molecule has 112 valence electrons. The second kappa shape index (κ2) is 8.48. The first-order chi connectivity index (χ1) is 10.1. The Kier molecular flexibility index (Phi) is 6.97. The lowest BCUT2D eigenvalue weighted by Crippen LogP contribution is -2.06. The molecular weight excluding hydrogens is 284 g/mol. The highest BCUT2D eigenvalue weighted by molar-refractivity contribution is 6.33. The minimum atomic E-state index is -0.324. The van der Waals surface area contributed by atoms with E-state index in [0.29, 0.717) is 17.2 Å². The molecule has 0 aliphatic carbocycles. The number of rotatable bonds is 3. The maximum Gasteiger partial charge on any atom is 0.338 e. The van der Waals surface area contributed by atoms with Gasteiger partial charge in [-0.15, -0.1) is 0 Å². The second-order valence-electron chi connectivity index (χ2n) is 4.25. The number of ether oxygens (including phenoxy) is 1. The number of carbonyl (C=O) groups is 1. The topological polar surface area (TPSA) is 26.3 Å². The van der Waals surface area contributed by atoms with Crippen LogP contribution in [0, 0.1) is 6.92 Å². The molecule has 0 spiro atoms. The summed E-state index contributed by atoms with van der Waals surface area (Å²) in [5.74, 6) is -0.324. The summed E-state index contributed by atoms with van der Waals surface area (Å²) in [6.07, 6.45) is 0. The van der Waals surface area contributed by atoms with Crippen LogP contribution in [0.1, 0.15) is 36.7 Å². The van der Waals surface area contributed by atoms with Crippen molar-refractivity contribution < 1.29 is 9.53 Å². The Morgan fingerprint density at radius 3 is 2.38 bits per heavy atom. The van der Waals surface area contributed by atoms with Gasteiger partial charge in [-0.3, -0.25) is 0 Å². The number of aryl methyl sites for hydroxylation is 1. The highest BCUT2D eigenvalue weighted by Crippen LogP contribution is 2.31. The van der Waals surface area contributed by atoms with E-state index in [9.17, 15) is 4.79 Å². The van der Waals surface area contributed by atoms with Gasteiger partial charge in [0.15, 0.2) is 0 Å². The van der Waals surface area contributed by atoms with Crippen molar-refractivity contribution in [3.8, 4) is 11.1 Å². The minimum Gasteiger partial charge on any atom is -0.462 e. The molecular formula is C18H21ClO2. The Morgan fingerprint density at radius 1 is 1.10 bits per heavy atom. The summed E-state index contributed by atoms with van der Waals surface area (Å²) in [6, 6.07) is 13.1. The van der Waals surface area contributed by atoms with Gasteiger partial charge in [0.05, 0.1) is 12.2 Å². The molecule has 0 aliphatic heterocycles. The molecule has 2 aromatic carbocycles. The molecule has 0 amide bonds. The fraction of sp³-hybridized carbons (Fsp3) is 0.278. The summed E-state index contributed by atoms with van der Waals surface area (Å²) in [7, 11) is 0. The number of hydrogen-bond donors (Lipinski definition) is 0. The molecule has 0 saturated heterocycles. The van der Waals surface area contributed by atoms with Crippen molar-refractivity contribution in [1.29, 1.82) is 0 Å². The van der Waals surface area contributed by atoms with Crippen molar-refractivity contribution in [3.05, 3.63) is 58.6 Å². The lowest BCUT2D eigenvalue weighted by molar-refractivity contribution is 0.0527. The Hall–Kier alpha value is -1.80. The lowest BCUT2D eigenvalue weighted by atomic mass is 9.99. The maximum atomic E-state index is 12.0. The van der Waals surface area contributed by atoms with Crippen molar-refractivity contribution in [1.82, 2.24) is 0 Å². The smallest absolute Gasteiger partial charge is 0.338 e. The normalized spacial score (nSPS) is 9.57. The van der Waals surface area contributed by atoms with Crippen molar-refractivity contribution in [2.24, 2.45) is 0 Å². The zero-order chi connectivity index (χ0) is 15.8. The van der Waals surface area contributed by atoms with E-state index in [-0.39, 0.29) is 5.97 Å². The molecule has 2 rings (SSSR count). The zero-order valence-corrected chi connectivity index (χ0v) is 13.7. The van der Waals surface area contributed by atoms with Crippen molar-refractivity contribution in [2.45, 2.75) is 27.7 Å². The average Bonchev–Trinajstić information content (AvgIpc) is 2.50. The van der Waals surface area contributed by atoms with Crippen LogP contribution in [0.5, 0.6) is 0 Å². The van der Waals surface area contributed by atoms with Crippen LogP contribution < -0.4 is 0 Å². The first-order valence-electron chi connectivity index (χ1n) is 7.16. The Bertz CT molecular complexity index is 606. The number of halogens is 1. The predicted molar refractivity (Wildman–Crippen MR) is 88.9 cm³/mol. The molecule has 0 heterocycles. The van der Waals surface area contributed by atoms with Gasteiger partial charge >= 0.3 is 5.97 Å². The number of carbonyl (C=O) groups excluding carboxylic acids is 1. The van der Waals surface area contributed by atoms with E-state index in [4.69, 9.17) is 16.3 Å². The van der Waals surface area contributed by atoms with E-state index in [1.807, 2.05) is 57.2 Å². The van der Waals surface area contributed by atoms with Crippen molar-refractivity contribution in [3.63, 3.8) is 0 Å². The van der Waals surface area contributed by atoms with E-state index in [1.54, 1.807) is 13.0 Å². The number of esters is 1. The third kappa shape index (κ3) is 4.33. The highest BCUT2D eigenvalue weighted by Gasteiger charge is 2.14. The molecule has 0 saturated carbocycles. The van der Waals surface area contributed by atoms with Crippen LogP contribution in [-0.2, 0) is 4.74 Å². The van der Waals surface area contributed by atoms with Crippen LogP contribution in [0.3, 0.4) is 0 Å². The molecule has 0 unspecified atom stereocenters. The Morgan fingerprint density at radius 2 is 1.76 bits per heavy atom. The van der Waals surface area contributed by atoms with Crippen LogP contribution in [0.25, 0.3) is 11.1 Å². The van der Waals surface area contributed by atoms with Crippen molar-refractivity contribution >= 4 is 17.6 Å². The molecule has 0 fully saturated rings. The summed E-state index contributed by atoms with van der Waals surface area (Å²) in [4.78, 5) is 12.0. The highest BCUT2D eigenvalue weighted by atomic mass is 35.5. The Labute approximate surface area is 131 Å². The second-order valence-corrected chi connectivity index (χ2v) is 4.66. The fourth-order valence-corrected chi connectivity index (χ4v) is 2.28. The van der Waals surface area contributed by atoms with E-state index in [2.05, 4.69) is 0 Å². The molecule has 3 heteroatoms. The molecule has 0 aliphatic rings. The maximum absolute atomic E-state index is 12.0. The van der Waals surface area contributed by atoms with Gasteiger partial charge in [0.25, 0.3) is 0 Å².